The van der Waals surface area contributed by atoms with Crippen LogP contribution >= 0.6 is 0 Å². The summed E-state index contributed by atoms with van der Waals surface area (Å²) in [5.74, 6) is 1.02. The lowest BCUT2D eigenvalue weighted by Gasteiger charge is -2.20. The van der Waals surface area contributed by atoms with Crippen LogP contribution in [0, 0.1) is 11.7 Å². The summed E-state index contributed by atoms with van der Waals surface area (Å²) in [5, 5.41) is 6.78. The zero-order valence-corrected chi connectivity index (χ0v) is 15.1. The van der Waals surface area contributed by atoms with Crippen molar-refractivity contribution >= 4 is 11.9 Å². The number of rotatable bonds is 4. The van der Waals surface area contributed by atoms with Crippen LogP contribution in [0.25, 0.3) is 0 Å². The highest BCUT2D eigenvalue weighted by Gasteiger charge is 2.41. The van der Waals surface area contributed by atoms with Gasteiger partial charge in [-0.15, -0.1) is 0 Å². The monoisotopic (exact) mass is 346 g/mol. The zero-order chi connectivity index (χ0) is 18.0. The normalized spacial score (nSPS) is 26.0. The zero-order valence-electron chi connectivity index (χ0n) is 15.1. The first-order valence-electron chi connectivity index (χ1n) is 9.02. The lowest BCUT2D eigenvalue weighted by atomic mass is 10.1. The maximum absolute atomic E-state index is 13.9. The van der Waals surface area contributed by atoms with Gasteiger partial charge in [0.1, 0.15) is 5.82 Å². The molecule has 3 unspecified atom stereocenters. The SMILES string of the molecule is CN=C(NC1CCN(C(=O)C(C)C)C1)NC1CC1c1ccccc1F. The van der Waals surface area contributed by atoms with E-state index in [0.717, 1.165) is 30.9 Å². The molecule has 1 heterocycles. The molecule has 1 amide bonds. The van der Waals surface area contributed by atoms with Crippen LogP contribution in [0.1, 0.15) is 38.2 Å². The van der Waals surface area contributed by atoms with Crippen molar-refractivity contribution in [2.24, 2.45) is 10.9 Å². The van der Waals surface area contributed by atoms with Crippen LogP contribution in [0.3, 0.4) is 0 Å². The van der Waals surface area contributed by atoms with Gasteiger partial charge < -0.3 is 15.5 Å². The van der Waals surface area contributed by atoms with Crippen LogP contribution in [0.15, 0.2) is 29.3 Å². The molecule has 3 rings (SSSR count). The molecule has 1 aliphatic heterocycles. The molecule has 136 valence electrons. The molecule has 2 fully saturated rings. The van der Waals surface area contributed by atoms with E-state index < -0.39 is 0 Å². The molecule has 2 N–H and O–H groups in total. The van der Waals surface area contributed by atoms with E-state index in [4.69, 9.17) is 0 Å². The standard InChI is InChI=1S/C19H27FN4O/c1-12(2)18(25)24-9-8-13(11-24)22-19(21-3)23-17-10-15(17)14-6-4-5-7-16(14)20/h4-7,12-13,15,17H,8-11H2,1-3H3,(H2,21,22,23). The van der Waals surface area contributed by atoms with Crippen molar-refractivity contribution in [2.45, 2.75) is 44.7 Å². The highest BCUT2D eigenvalue weighted by molar-refractivity contribution is 5.81. The first kappa shape index (κ1) is 17.7. The molecule has 0 radical (unpaired) electrons. The minimum Gasteiger partial charge on any atom is -0.353 e. The smallest absolute Gasteiger partial charge is 0.225 e. The van der Waals surface area contributed by atoms with E-state index >= 15 is 0 Å². The molecule has 0 bridgehead atoms. The third-order valence-corrected chi connectivity index (χ3v) is 4.98. The van der Waals surface area contributed by atoms with Crippen LogP contribution in [0.4, 0.5) is 4.39 Å². The Kier molecular flexibility index (Phi) is 5.25. The predicted molar refractivity (Wildman–Crippen MR) is 97.0 cm³/mol. The van der Waals surface area contributed by atoms with E-state index in [1.54, 1.807) is 13.1 Å². The maximum Gasteiger partial charge on any atom is 0.225 e. The summed E-state index contributed by atoms with van der Waals surface area (Å²) in [7, 11) is 1.74. The second-order valence-electron chi connectivity index (χ2n) is 7.26. The largest absolute Gasteiger partial charge is 0.353 e. The third-order valence-electron chi connectivity index (χ3n) is 4.98. The number of hydrogen-bond acceptors (Lipinski definition) is 2. The van der Waals surface area contributed by atoms with Gasteiger partial charge in [-0.25, -0.2) is 4.39 Å². The highest BCUT2D eigenvalue weighted by Crippen LogP contribution is 2.41. The molecule has 0 spiro atoms. The maximum atomic E-state index is 13.9. The molecule has 1 aromatic rings. The summed E-state index contributed by atoms with van der Waals surface area (Å²) in [5.41, 5.74) is 0.769. The van der Waals surface area contributed by atoms with Crippen LogP contribution < -0.4 is 10.6 Å². The van der Waals surface area contributed by atoms with Gasteiger partial charge in [0.2, 0.25) is 5.91 Å². The fourth-order valence-corrected chi connectivity index (χ4v) is 3.46. The predicted octanol–water partition coefficient (Wildman–Crippen LogP) is 2.10. The summed E-state index contributed by atoms with van der Waals surface area (Å²) in [4.78, 5) is 18.3. The molecular formula is C19H27FN4O. The first-order valence-corrected chi connectivity index (χ1v) is 9.02. The van der Waals surface area contributed by atoms with Crippen molar-refractivity contribution in [3.8, 4) is 0 Å². The van der Waals surface area contributed by atoms with Gasteiger partial charge in [-0.05, 0) is 24.5 Å². The number of aliphatic imine (C=N–C) groups is 1. The number of benzene rings is 1. The van der Waals surface area contributed by atoms with Crippen molar-refractivity contribution in [3.63, 3.8) is 0 Å². The van der Waals surface area contributed by atoms with Gasteiger partial charge in [0.15, 0.2) is 5.96 Å². The summed E-state index contributed by atoms with van der Waals surface area (Å²) >= 11 is 0. The van der Waals surface area contributed by atoms with E-state index in [1.807, 2.05) is 30.9 Å². The van der Waals surface area contributed by atoms with E-state index in [0.29, 0.717) is 6.54 Å². The molecule has 3 atom stereocenters. The number of halogens is 1. The molecule has 6 heteroatoms. The molecule has 2 aliphatic rings. The van der Waals surface area contributed by atoms with Gasteiger partial charge in [-0.2, -0.15) is 0 Å². The molecule has 25 heavy (non-hydrogen) atoms. The van der Waals surface area contributed by atoms with Crippen molar-refractivity contribution in [2.75, 3.05) is 20.1 Å². The van der Waals surface area contributed by atoms with Crippen molar-refractivity contribution in [3.05, 3.63) is 35.6 Å². The fraction of sp³-hybridized carbons (Fsp3) is 0.579. The average molecular weight is 346 g/mol. The number of hydrogen-bond donors (Lipinski definition) is 2. The topological polar surface area (TPSA) is 56.7 Å². The Morgan fingerprint density at radius 2 is 2.08 bits per heavy atom. The lowest BCUT2D eigenvalue weighted by Crippen LogP contribution is -2.46. The Balaban J connectivity index is 1.50. The third kappa shape index (κ3) is 4.11. The Bertz CT molecular complexity index is 661. The Hall–Kier alpha value is -2.11. The van der Waals surface area contributed by atoms with Crippen molar-refractivity contribution in [1.29, 1.82) is 0 Å². The molecule has 1 saturated carbocycles. The second-order valence-corrected chi connectivity index (χ2v) is 7.26. The molecular weight excluding hydrogens is 319 g/mol. The Labute approximate surface area is 148 Å². The number of nitrogens with zero attached hydrogens (tertiary/aromatic N) is 2. The molecule has 1 aliphatic carbocycles. The van der Waals surface area contributed by atoms with Crippen LogP contribution in [0.5, 0.6) is 0 Å². The number of carbonyl (C=O) groups is 1. The Morgan fingerprint density at radius 3 is 2.76 bits per heavy atom. The van der Waals surface area contributed by atoms with E-state index in [2.05, 4.69) is 15.6 Å². The number of likely N-dealkylation sites (tertiary alicyclic amines) is 1. The van der Waals surface area contributed by atoms with Crippen molar-refractivity contribution in [1.82, 2.24) is 15.5 Å². The minimum atomic E-state index is -0.140. The van der Waals surface area contributed by atoms with Gasteiger partial charge >= 0.3 is 0 Å². The summed E-state index contributed by atoms with van der Waals surface area (Å²) < 4.78 is 13.9. The number of nitrogens with one attached hydrogen (secondary N) is 2. The number of carbonyl (C=O) groups excluding carboxylic acids is 1. The Morgan fingerprint density at radius 1 is 1.32 bits per heavy atom. The fourth-order valence-electron chi connectivity index (χ4n) is 3.46. The second kappa shape index (κ2) is 7.42. The summed E-state index contributed by atoms with van der Waals surface area (Å²) in [6.45, 7) is 5.35. The van der Waals surface area contributed by atoms with E-state index in [9.17, 15) is 9.18 Å². The molecule has 1 saturated heterocycles. The molecule has 0 aromatic heterocycles. The quantitative estimate of drug-likeness (QED) is 0.648. The first-order chi connectivity index (χ1) is 12.0. The van der Waals surface area contributed by atoms with Gasteiger partial charge in [0.25, 0.3) is 0 Å². The minimum absolute atomic E-state index is 0.0316. The average Bonchev–Trinajstić information content (AvgIpc) is 3.19. The van der Waals surface area contributed by atoms with Crippen LogP contribution in [-0.2, 0) is 4.79 Å². The highest BCUT2D eigenvalue weighted by atomic mass is 19.1. The number of guanidine groups is 1. The number of amides is 1. The molecule has 1 aromatic carbocycles. The van der Waals surface area contributed by atoms with Gasteiger partial charge in [-0.3, -0.25) is 9.79 Å². The van der Waals surface area contributed by atoms with Gasteiger partial charge in [-0.1, -0.05) is 32.0 Å². The van der Waals surface area contributed by atoms with E-state index in [-0.39, 0.29) is 35.6 Å². The van der Waals surface area contributed by atoms with Gasteiger partial charge in [0.05, 0.1) is 0 Å². The lowest BCUT2D eigenvalue weighted by molar-refractivity contribution is -0.133. The van der Waals surface area contributed by atoms with Crippen LogP contribution in [0.2, 0.25) is 0 Å². The van der Waals surface area contributed by atoms with Crippen molar-refractivity contribution < 1.29 is 9.18 Å². The van der Waals surface area contributed by atoms with Gasteiger partial charge in [0, 0.05) is 44.1 Å². The summed E-state index contributed by atoms with van der Waals surface area (Å²) in [6.07, 6.45) is 1.82. The van der Waals surface area contributed by atoms with E-state index in [1.165, 1.54) is 6.07 Å². The summed E-state index contributed by atoms with van der Waals surface area (Å²) in [6, 6.07) is 7.37. The molecule has 5 nitrogen and oxygen atoms in total. The van der Waals surface area contributed by atoms with Crippen LogP contribution in [-0.4, -0.2) is 49.0 Å².